The number of fused-ring (bicyclic) bond motifs is 4. The molecule has 0 spiro atoms. The lowest BCUT2D eigenvalue weighted by Gasteiger charge is -2.30. The minimum absolute atomic E-state index is 0.179. The van der Waals surface area contributed by atoms with E-state index in [4.69, 9.17) is 14.7 Å². The van der Waals surface area contributed by atoms with Crippen LogP contribution in [0.15, 0.2) is 36.4 Å². The third kappa shape index (κ3) is 2.79. The summed E-state index contributed by atoms with van der Waals surface area (Å²) in [6.45, 7) is 6.40. The molecule has 3 aromatic rings. The first-order valence-electron chi connectivity index (χ1n) is 9.96. The maximum Gasteiger partial charge on any atom is 0.305 e. The third-order valence-corrected chi connectivity index (χ3v) is 6.09. The van der Waals surface area contributed by atoms with E-state index in [-0.39, 0.29) is 11.4 Å². The Kier molecular flexibility index (Phi) is 4.66. The maximum atomic E-state index is 12.0. The van der Waals surface area contributed by atoms with Crippen molar-refractivity contribution in [3.8, 4) is 11.3 Å². The van der Waals surface area contributed by atoms with Crippen molar-refractivity contribution >= 4 is 17.0 Å². The molecular formula is C24H26N2O2. The van der Waals surface area contributed by atoms with Gasteiger partial charge in [0.15, 0.2) is 0 Å². The quantitative estimate of drug-likeness (QED) is 0.571. The van der Waals surface area contributed by atoms with Gasteiger partial charge in [0.1, 0.15) is 0 Å². The van der Waals surface area contributed by atoms with Crippen LogP contribution in [0.2, 0.25) is 0 Å². The van der Waals surface area contributed by atoms with Crippen molar-refractivity contribution < 1.29 is 9.53 Å². The van der Waals surface area contributed by atoms with Gasteiger partial charge in [-0.05, 0) is 55.5 Å². The standard InChI is InChI=1S/C24H26N2O2/c1-5-11-24(12-10-21(27)28-4)18-9-7-6-8-17(18)22-23(24)26-20-14-16(3)15(2)13-19(20)25-22/h6-9,13-14H,5,10-12H2,1-4H3. The minimum atomic E-state index is -0.297. The largest absolute Gasteiger partial charge is 0.469 e. The number of ether oxygens (including phenoxy) is 1. The van der Waals surface area contributed by atoms with Crippen LogP contribution < -0.4 is 0 Å². The zero-order valence-electron chi connectivity index (χ0n) is 17.0. The monoisotopic (exact) mass is 374 g/mol. The normalized spacial score (nSPS) is 17.4. The lowest BCUT2D eigenvalue weighted by molar-refractivity contribution is -0.141. The third-order valence-electron chi connectivity index (χ3n) is 6.09. The zero-order chi connectivity index (χ0) is 19.9. The number of esters is 1. The average Bonchev–Trinajstić information content (AvgIpc) is 2.96. The van der Waals surface area contributed by atoms with E-state index in [1.807, 2.05) is 0 Å². The molecule has 4 nitrogen and oxygen atoms in total. The summed E-state index contributed by atoms with van der Waals surface area (Å²) in [5.74, 6) is -0.179. The Bertz CT molecular complexity index is 1070. The maximum absolute atomic E-state index is 12.0. The van der Waals surface area contributed by atoms with E-state index in [1.165, 1.54) is 23.8 Å². The number of hydrogen-bond acceptors (Lipinski definition) is 4. The second-order valence-corrected chi connectivity index (χ2v) is 7.80. The van der Waals surface area contributed by atoms with Gasteiger partial charge in [0.25, 0.3) is 0 Å². The Balaban J connectivity index is 1.98. The smallest absolute Gasteiger partial charge is 0.305 e. The first-order valence-corrected chi connectivity index (χ1v) is 9.96. The van der Waals surface area contributed by atoms with Crippen LogP contribution in [0.5, 0.6) is 0 Å². The molecule has 1 aliphatic rings. The van der Waals surface area contributed by atoms with E-state index >= 15 is 0 Å². The second-order valence-electron chi connectivity index (χ2n) is 7.80. The Morgan fingerprint density at radius 1 is 1.04 bits per heavy atom. The number of benzene rings is 2. The van der Waals surface area contributed by atoms with Crippen LogP contribution >= 0.6 is 0 Å². The first kappa shape index (κ1) is 18.6. The summed E-state index contributed by atoms with van der Waals surface area (Å²) in [6, 6.07) is 12.7. The second kappa shape index (κ2) is 7.01. The van der Waals surface area contributed by atoms with Crippen molar-refractivity contribution in [2.24, 2.45) is 0 Å². The molecule has 1 aliphatic carbocycles. The highest BCUT2D eigenvalue weighted by Crippen LogP contribution is 2.52. The van der Waals surface area contributed by atoms with Crippen LogP contribution in [-0.4, -0.2) is 23.0 Å². The molecule has 4 heteroatoms. The lowest BCUT2D eigenvalue weighted by Crippen LogP contribution is -2.27. The van der Waals surface area contributed by atoms with Gasteiger partial charge < -0.3 is 4.74 Å². The summed E-state index contributed by atoms with van der Waals surface area (Å²) in [6.07, 6.45) is 2.99. The highest BCUT2D eigenvalue weighted by Gasteiger charge is 2.45. The zero-order valence-corrected chi connectivity index (χ0v) is 17.0. The minimum Gasteiger partial charge on any atom is -0.469 e. The summed E-state index contributed by atoms with van der Waals surface area (Å²) in [4.78, 5) is 22.2. The van der Waals surface area contributed by atoms with Gasteiger partial charge in [-0.3, -0.25) is 4.79 Å². The predicted octanol–water partition coefficient (Wildman–Crippen LogP) is 5.27. The molecule has 1 unspecified atom stereocenters. The van der Waals surface area contributed by atoms with Crippen molar-refractivity contribution in [2.75, 3.05) is 7.11 Å². The first-order chi connectivity index (χ1) is 13.5. The number of aromatic nitrogens is 2. The molecule has 0 saturated carbocycles. The highest BCUT2D eigenvalue weighted by molar-refractivity contribution is 5.85. The predicted molar refractivity (Wildman–Crippen MR) is 111 cm³/mol. The van der Waals surface area contributed by atoms with Crippen molar-refractivity contribution in [3.63, 3.8) is 0 Å². The molecule has 1 atom stereocenters. The fourth-order valence-corrected chi connectivity index (χ4v) is 4.54. The number of nitrogens with zero attached hydrogens (tertiary/aromatic N) is 2. The average molecular weight is 374 g/mol. The van der Waals surface area contributed by atoms with E-state index in [0.29, 0.717) is 12.8 Å². The molecule has 4 rings (SSSR count). The Hall–Kier alpha value is -2.75. The van der Waals surface area contributed by atoms with Gasteiger partial charge in [0, 0.05) is 17.4 Å². The molecule has 0 bridgehead atoms. The van der Waals surface area contributed by atoms with E-state index in [9.17, 15) is 4.79 Å². The number of hydrogen-bond donors (Lipinski definition) is 0. The molecule has 1 aromatic heterocycles. The van der Waals surface area contributed by atoms with Gasteiger partial charge >= 0.3 is 5.97 Å². The van der Waals surface area contributed by atoms with Gasteiger partial charge in [-0.25, -0.2) is 9.97 Å². The van der Waals surface area contributed by atoms with Crippen LogP contribution in [-0.2, 0) is 14.9 Å². The number of rotatable bonds is 5. The summed E-state index contributed by atoms with van der Waals surface area (Å²) >= 11 is 0. The molecule has 0 N–H and O–H groups in total. The molecule has 0 amide bonds. The van der Waals surface area contributed by atoms with Crippen LogP contribution in [0.3, 0.4) is 0 Å². The summed E-state index contributed by atoms with van der Waals surface area (Å²) in [7, 11) is 1.45. The number of carbonyl (C=O) groups is 1. The van der Waals surface area contributed by atoms with Crippen LogP contribution in [0.25, 0.3) is 22.3 Å². The fourth-order valence-electron chi connectivity index (χ4n) is 4.54. The molecule has 0 fully saturated rings. The van der Waals surface area contributed by atoms with Crippen molar-refractivity contribution in [1.29, 1.82) is 0 Å². The summed E-state index contributed by atoms with van der Waals surface area (Å²) in [5.41, 5.74) is 8.34. The SMILES string of the molecule is CCCC1(CCC(=O)OC)c2ccccc2-c2nc3cc(C)c(C)cc3nc21. The Morgan fingerprint density at radius 3 is 2.39 bits per heavy atom. The van der Waals surface area contributed by atoms with Crippen molar-refractivity contribution in [1.82, 2.24) is 9.97 Å². The summed E-state index contributed by atoms with van der Waals surface area (Å²) in [5, 5.41) is 0. The van der Waals surface area contributed by atoms with E-state index < -0.39 is 0 Å². The summed E-state index contributed by atoms with van der Waals surface area (Å²) < 4.78 is 4.93. The van der Waals surface area contributed by atoms with Gasteiger partial charge in [-0.2, -0.15) is 0 Å². The Labute approximate surface area is 166 Å². The number of carbonyl (C=O) groups excluding carboxylic acids is 1. The Morgan fingerprint density at radius 2 is 1.71 bits per heavy atom. The molecule has 1 heterocycles. The van der Waals surface area contributed by atoms with E-state index in [0.717, 1.165) is 40.8 Å². The van der Waals surface area contributed by atoms with Crippen molar-refractivity contribution in [3.05, 3.63) is 58.8 Å². The molecule has 2 aromatic carbocycles. The molecule has 28 heavy (non-hydrogen) atoms. The molecule has 0 saturated heterocycles. The molecule has 0 radical (unpaired) electrons. The van der Waals surface area contributed by atoms with Gasteiger partial charge in [-0.15, -0.1) is 0 Å². The van der Waals surface area contributed by atoms with Gasteiger partial charge in [0.05, 0.1) is 29.5 Å². The fraction of sp³-hybridized carbons (Fsp3) is 0.375. The molecule has 0 aliphatic heterocycles. The van der Waals surface area contributed by atoms with Gasteiger partial charge in [-0.1, -0.05) is 37.6 Å². The number of methoxy groups -OCH3 is 1. The van der Waals surface area contributed by atoms with Crippen LogP contribution in [0, 0.1) is 13.8 Å². The number of aryl methyl sites for hydroxylation is 2. The van der Waals surface area contributed by atoms with Gasteiger partial charge in [0.2, 0.25) is 0 Å². The molecule has 144 valence electrons. The molecular weight excluding hydrogens is 348 g/mol. The highest BCUT2D eigenvalue weighted by atomic mass is 16.5. The topological polar surface area (TPSA) is 52.1 Å². The van der Waals surface area contributed by atoms with Crippen LogP contribution in [0.1, 0.15) is 55.0 Å². The lowest BCUT2D eigenvalue weighted by atomic mass is 9.73. The van der Waals surface area contributed by atoms with E-state index in [1.54, 1.807) is 0 Å². The van der Waals surface area contributed by atoms with Crippen molar-refractivity contribution in [2.45, 2.75) is 51.9 Å². The van der Waals surface area contributed by atoms with Crippen LogP contribution in [0.4, 0.5) is 0 Å². The van der Waals surface area contributed by atoms with E-state index in [2.05, 4.69) is 57.2 Å².